The molecule has 1 saturated carbocycles. The molecule has 12 nitrogen and oxygen atoms in total. The molecule has 1 aromatic heterocycles. The van der Waals surface area contributed by atoms with Gasteiger partial charge in [-0.1, -0.05) is 0 Å². The molecule has 0 unspecified atom stereocenters. The first kappa shape index (κ1) is 26.6. The van der Waals surface area contributed by atoms with Gasteiger partial charge >= 0.3 is 0 Å². The molecule has 0 saturated heterocycles. The molecule has 7 N–H and O–H groups in total. The van der Waals surface area contributed by atoms with E-state index in [0.29, 0.717) is 29.2 Å². The Balaban J connectivity index is 1.68. The third-order valence-corrected chi connectivity index (χ3v) is 7.92. The van der Waals surface area contributed by atoms with E-state index in [-0.39, 0.29) is 29.7 Å². The van der Waals surface area contributed by atoms with Crippen LogP contribution in [0.5, 0.6) is 5.75 Å². The topological polar surface area (TPSA) is 196 Å². The lowest BCUT2D eigenvalue weighted by molar-refractivity contribution is -0.153. The molecule has 3 aliphatic carbocycles. The summed E-state index contributed by atoms with van der Waals surface area (Å²) < 4.78 is 5.92. The van der Waals surface area contributed by atoms with E-state index in [1.807, 2.05) is 0 Å². The van der Waals surface area contributed by atoms with Gasteiger partial charge in [0.25, 0.3) is 5.91 Å². The van der Waals surface area contributed by atoms with Gasteiger partial charge in [0.1, 0.15) is 34.4 Å². The van der Waals surface area contributed by atoms with Crippen molar-refractivity contribution in [1.29, 1.82) is 0 Å². The highest BCUT2D eigenvalue weighted by Gasteiger charge is 2.64. The Kier molecular flexibility index (Phi) is 6.38. The van der Waals surface area contributed by atoms with Crippen molar-refractivity contribution in [2.75, 3.05) is 21.2 Å². The molecule has 3 aliphatic rings. The van der Waals surface area contributed by atoms with Crippen molar-refractivity contribution in [1.82, 2.24) is 10.4 Å². The molecular formula is C27H29N3O9. The van der Waals surface area contributed by atoms with Gasteiger partial charge in [0.15, 0.2) is 11.4 Å². The van der Waals surface area contributed by atoms with Gasteiger partial charge in [0.2, 0.25) is 5.78 Å². The summed E-state index contributed by atoms with van der Waals surface area (Å²) in [4.78, 5) is 45.5. The van der Waals surface area contributed by atoms with Crippen molar-refractivity contribution in [3.05, 3.63) is 58.1 Å². The molecule has 1 amide bonds. The van der Waals surface area contributed by atoms with Crippen molar-refractivity contribution in [2.24, 2.45) is 17.6 Å². The number of furan rings is 1. The second-order valence-electron chi connectivity index (χ2n) is 10.2. The summed E-state index contributed by atoms with van der Waals surface area (Å²) in [5, 5.41) is 44.7. The van der Waals surface area contributed by atoms with Gasteiger partial charge in [0, 0.05) is 17.1 Å². The van der Waals surface area contributed by atoms with E-state index in [1.165, 1.54) is 18.1 Å². The molecule has 4 atom stereocenters. The Morgan fingerprint density at radius 3 is 2.56 bits per heavy atom. The third-order valence-electron chi connectivity index (χ3n) is 7.92. The maximum absolute atomic E-state index is 13.9. The Morgan fingerprint density at radius 2 is 1.92 bits per heavy atom. The monoisotopic (exact) mass is 539 g/mol. The van der Waals surface area contributed by atoms with Crippen LogP contribution in [0.2, 0.25) is 0 Å². The van der Waals surface area contributed by atoms with Crippen LogP contribution in [0.3, 0.4) is 0 Å². The number of hydroxylamine groups is 1. The molecule has 206 valence electrons. The predicted molar refractivity (Wildman–Crippen MR) is 136 cm³/mol. The fraction of sp³-hybridized carbons (Fsp3) is 0.370. The second-order valence-corrected chi connectivity index (χ2v) is 10.2. The number of Topliss-reactive ketones (excluding diaryl/α,β-unsaturated/α-hetero) is 2. The summed E-state index contributed by atoms with van der Waals surface area (Å²) in [5.41, 5.74) is 5.38. The van der Waals surface area contributed by atoms with E-state index in [4.69, 9.17) is 15.0 Å². The fourth-order valence-electron chi connectivity index (χ4n) is 6.24. The molecule has 0 radical (unpaired) electrons. The lowest BCUT2D eigenvalue weighted by atomic mass is 9.57. The Morgan fingerprint density at radius 1 is 1.21 bits per heavy atom. The summed E-state index contributed by atoms with van der Waals surface area (Å²) in [6.45, 7) is 0.299. The predicted octanol–water partition coefficient (Wildman–Crippen LogP) is 0.875. The highest BCUT2D eigenvalue weighted by atomic mass is 16.6. The number of nitrogens with zero attached hydrogens (tertiary/aromatic N) is 1. The molecule has 12 heteroatoms. The number of primary amides is 1. The number of phenolic OH excluding ortho intramolecular Hbond substituents is 1. The van der Waals surface area contributed by atoms with Gasteiger partial charge in [-0.05, 0) is 62.7 Å². The highest BCUT2D eigenvalue weighted by molar-refractivity contribution is 6.24. The number of ketones is 2. The van der Waals surface area contributed by atoms with Crippen LogP contribution >= 0.6 is 0 Å². The number of nitrogens with one attached hydrogen (secondary N) is 1. The van der Waals surface area contributed by atoms with Crippen LogP contribution in [0.25, 0.3) is 17.1 Å². The van der Waals surface area contributed by atoms with Crippen molar-refractivity contribution >= 4 is 23.2 Å². The van der Waals surface area contributed by atoms with E-state index in [0.717, 1.165) is 0 Å². The lowest BCUT2D eigenvalue weighted by Gasteiger charge is -2.50. The summed E-state index contributed by atoms with van der Waals surface area (Å²) in [6.07, 6.45) is 0.159. The van der Waals surface area contributed by atoms with Gasteiger partial charge in [0.05, 0.1) is 25.3 Å². The SMILES string of the molecule is CONCc1ccc(-c2ccc(O)c3c2C[C@H]2C[C@H]4[C@H](N(C)C)C(=O)C(C(N)=O)=C(O)[C@@]4(O)C(=O)C2=C3O)o1. The van der Waals surface area contributed by atoms with Crippen molar-refractivity contribution in [2.45, 2.75) is 31.0 Å². The number of nitrogens with two attached hydrogens (primary N) is 1. The zero-order valence-corrected chi connectivity index (χ0v) is 21.5. The normalized spacial score (nSPS) is 26.5. The molecule has 1 aromatic carbocycles. The van der Waals surface area contributed by atoms with Crippen LogP contribution in [0.1, 0.15) is 23.3 Å². The van der Waals surface area contributed by atoms with Crippen LogP contribution < -0.4 is 11.2 Å². The van der Waals surface area contributed by atoms with Crippen LogP contribution in [-0.2, 0) is 32.2 Å². The Bertz CT molecular complexity index is 1470. The van der Waals surface area contributed by atoms with E-state index in [2.05, 4.69) is 5.48 Å². The maximum atomic E-state index is 13.9. The molecule has 1 fully saturated rings. The number of phenols is 1. The minimum absolute atomic E-state index is 0.00201. The number of aromatic hydroxyl groups is 1. The summed E-state index contributed by atoms with van der Waals surface area (Å²) in [7, 11) is 4.58. The van der Waals surface area contributed by atoms with Gasteiger partial charge in [-0.2, -0.15) is 5.48 Å². The first-order chi connectivity index (χ1) is 18.4. The lowest BCUT2D eigenvalue weighted by Crippen LogP contribution is -2.65. The van der Waals surface area contributed by atoms with Crippen molar-refractivity contribution in [3.8, 4) is 17.1 Å². The molecule has 0 spiro atoms. The van der Waals surface area contributed by atoms with Crippen LogP contribution in [-0.4, -0.2) is 75.6 Å². The summed E-state index contributed by atoms with van der Waals surface area (Å²) in [6, 6.07) is 5.33. The van der Waals surface area contributed by atoms with Crippen molar-refractivity contribution < 1.29 is 44.1 Å². The first-order valence-electron chi connectivity index (χ1n) is 12.3. The van der Waals surface area contributed by atoms with Gasteiger partial charge in [-0.25, -0.2) is 0 Å². The maximum Gasteiger partial charge on any atom is 0.255 e. The van der Waals surface area contributed by atoms with Gasteiger partial charge in [-0.15, -0.1) is 0 Å². The summed E-state index contributed by atoms with van der Waals surface area (Å²) in [5.74, 6) is -5.91. The average molecular weight is 540 g/mol. The Hall–Kier alpha value is -3.97. The van der Waals surface area contributed by atoms with E-state index >= 15 is 0 Å². The molecule has 0 bridgehead atoms. The van der Waals surface area contributed by atoms with E-state index in [9.17, 15) is 34.8 Å². The average Bonchev–Trinajstić information content (AvgIpc) is 3.33. The zero-order chi connectivity index (χ0) is 28.4. The molecule has 2 aromatic rings. The number of carbonyl (C=O) groups excluding carboxylic acids is 3. The molecule has 0 aliphatic heterocycles. The van der Waals surface area contributed by atoms with Crippen LogP contribution in [0, 0.1) is 11.8 Å². The number of hydrogen-bond donors (Lipinski definition) is 6. The van der Waals surface area contributed by atoms with Gasteiger partial charge in [-0.3, -0.25) is 19.3 Å². The van der Waals surface area contributed by atoms with Crippen LogP contribution in [0.15, 0.2) is 45.6 Å². The smallest absolute Gasteiger partial charge is 0.255 e. The zero-order valence-electron chi connectivity index (χ0n) is 21.5. The first-order valence-corrected chi connectivity index (χ1v) is 12.3. The second kappa shape index (κ2) is 9.35. The number of amides is 1. The summed E-state index contributed by atoms with van der Waals surface area (Å²) >= 11 is 0. The number of likely N-dealkylation sites (N-methyl/N-ethyl adjacent to an activating group) is 1. The number of aliphatic hydroxyl groups excluding tert-OH is 2. The number of aliphatic hydroxyl groups is 3. The number of hydrogen-bond acceptors (Lipinski definition) is 11. The highest BCUT2D eigenvalue weighted by Crippen LogP contribution is 2.53. The molecular weight excluding hydrogens is 510 g/mol. The largest absolute Gasteiger partial charge is 0.508 e. The molecule has 39 heavy (non-hydrogen) atoms. The van der Waals surface area contributed by atoms with Crippen molar-refractivity contribution in [3.63, 3.8) is 0 Å². The fourth-order valence-corrected chi connectivity index (χ4v) is 6.24. The number of rotatable bonds is 6. The number of fused-ring (bicyclic) bond motifs is 3. The molecule has 1 heterocycles. The van der Waals surface area contributed by atoms with Crippen LogP contribution in [0.4, 0.5) is 0 Å². The third kappa shape index (κ3) is 3.79. The minimum atomic E-state index is -2.68. The quantitative estimate of drug-likeness (QED) is 0.225. The minimum Gasteiger partial charge on any atom is -0.508 e. The van der Waals surface area contributed by atoms with E-state index < -0.39 is 58.0 Å². The Labute approximate surface area is 222 Å². The number of benzene rings is 1. The number of carbonyl (C=O) groups is 3. The standard InChI is InChI=1S/C27H29N3O9/c1-30(2)21-15-9-11-8-14-13(17-7-4-12(39-17)10-29-38-3)5-6-16(31)19(14)22(32)18(11)24(34)27(15,37)25(35)20(23(21)33)26(28)36/h4-7,11,15,21,29,31-32,35,37H,8-10H2,1-3H3,(H2,28,36)/t11-,15-,21-,27-/m0/s1. The van der Waals surface area contributed by atoms with Gasteiger partial charge < -0.3 is 35.4 Å². The van der Waals surface area contributed by atoms with E-state index in [1.54, 1.807) is 32.3 Å². The molecule has 5 rings (SSSR count).